The molecule has 0 aliphatic rings. The first-order chi connectivity index (χ1) is 11.0. The summed E-state index contributed by atoms with van der Waals surface area (Å²) in [6.45, 7) is 1.38. The minimum Gasteiger partial charge on any atom is -0.379 e. The number of rotatable bonds is 4. The second kappa shape index (κ2) is 5.85. The fraction of sp³-hybridized carbons (Fsp3) is 0.0556. The molecule has 3 rings (SSSR count). The molecule has 0 fully saturated rings. The molecule has 0 aliphatic heterocycles. The number of Topliss-reactive ketones (excluding diaryl/α,β-unsaturated/α-hetero) is 1. The molecule has 0 aliphatic carbocycles. The largest absolute Gasteiger partial charge is 0.379 e. The quantitative estimate of drug-likeness (QED) is 0.540. The zero-order valence-corrected chi connectivity index (χ0v) is 13.2. The Hall–Kier alpha value is -2.66. The highest BCUT2D eigenvalue weighted by Gasteiger charge is 2.18. The highest BCUT2D eigenvalue weighted by atomic mass is 32.2. The second-order valence-corrected chi connectivity index (χ2v) is 6.68. The molecule has 0 amide bonds. The van der Waals surface area contributed by atoms with Gasteiger partial charge in [-0.2, -0.15) is 8.42 Å². The topological polar surface area (TPSA) is 60.4 Å². The fourth-order valence-corrected chi connectivity index (χ4v) is 3.23. The molecule has 3 aromatic carbocycles. The van der Waals surface area contributed by atoms with E-state index >= 15 is 0 Å². The summed E-state index contributed by atoms with van der Waals surface area (Å²) in [7, 11) is -3.99. The third-order valence-electron chi connectivity index (χ3n) is 3.46. The molecular weight excluding hydrogens is 312 g/mol. The number of fused-ring (bicyclic) bond motifs is 1. The van der Waals surface area contributed by atoms with Crippen LogP contribution in [0.4, 0.5) is 0 Å². The zero-order chi connectivity index (χ0) is 16.4. The van der Waals surface area contributed by atoms with Crippen LogP contribution in [0.15, 0.2) is 71.6 Å². The molecule has 0 N–H and O–H groups in total. The van der Waals surface area contributed by atoms with E-state index in [0.717, 1.165) is 10.8 Å². The van der Waals surface area contributed by atoms with Gasteiger partial charge in [-0.15, -0.1) is 0 Å². The average molecular weight is 326 g/mol. The monoisotopic (exact) mass is 326 g/mol. The van der Waals surface area contributed by atoms with Gasteiger partial charge in [0.15, 0.2) is 5.78 Å². The second-order valence-electron chi connectivity index (χ2n) is 5.13. The Morgan fingerprint density at radius 2 is 1.61 bits per heavy atom. The van der Waals surface area contributed by atoms with Gasteiger partial charge in [-0.3, -0.25) is 4.79 Å². The van der Waals surface area contributed by atoms with Crippen molar-refractivity contribution in [1.82, 2.24) is 0 Å². The Kier molecular flexibility index (Phi) is 3.88. The van der Waals surface area contributed by atoms with Crippen LogP contribution in [0.25, 0.3) is 10.8 Å². The van der Waals surface area contributed by atoms with E-state index in [2.05, 4.69) is 0 Å². The number of hydrogen-bond acceptors (Lipinski definition) is 4. The molecule has 3 aromatic rings. The van der Waals surface area contributed by atoms with Crippen molar-refractivity contribution in [2.24, 2.45) is 0 Å². The van der Waals surface area contributed by atoms with Gasteiger partial charge in [0.1, 0.15) is 10.6 Å². The van der Waals surface area contributed by atoms with Gasteiger partial charge in [0, 0.05) is 5.56 Å². The summed E-state index contributed by atoms with van der Waals surface area (Å²) in [5.74, 6) is 0.0321. The van der Waals surface area contributed by atoms with Gasteiger partial charge in [-0.05, 0) is 42.0 Å². The van der Waals surface area contributed by atoms with Crippen LogP contribution in [0.2, 0.25) is 0 Å². The van der Waals surface area contributed by atoms with Gasteiger partial charge in [-0.25, -0.2) is 0 Å². The van der Waals surface area contributed by atoms with E-state index in [0.29, 0.717) is 5.56 Å². The van der Waals surface area contributed by atoms with Crippen LogP contribution in [-0.4, -0.2) is 14.2 Å². The van der Waals surface area contributed by atoms with Crippen molar-refractivity contribution in [1.29, 1.82) is 0 Å². The maximum absolute atomic E-state index is 12.4. The lowest BCUT2D eigenvalue weighted by molar-refractivity contribution is 0.101. The SMILES string of the molecule is CC(=O)c1cccc(S(=O)(=O)Oc2ccc3ccccc3c2)c1. The van der Waals surface area contributed by atoms with Crippen LogP contribution in [0.5, 0.6) is 5.75 Å². The molecule has 23 heavy (non-hydrogen) atoms. The van der Waals surface area contributed by atoms with Crippen LogP contribution >= 0.6 is 0 Å². The smallest absolute Gasteiger partial charge is 0.339 e. The Labute approximate surface area is 134 Å². The maximum atomic E-state index is 12.4. The summed E-state index contributed by atoms with van der Waals surface area (Å²) < 4.78 is 29.9. The molecule has 0 saturated heterocycles. The molecular formula is C18H14O4S. The molecule has 0 aromatic heterocycles. The molecule has 116 valence electrons. The fourth-order valence-electron chi connectivity index (χ4n) is 2.26. The predicted molar refractivity (Wildman–Crippen MR) is 88.2 cm³/mol. The van der Waals surface area contributed by atoms with Crippen molar-refractivity contribution in [2.45, 2.75) is 11.8 Å². The normalized spacial score (nSPS) is 11.3. The van der Waals surface area contributed by atoms with Crippen molar-refractivity contribution in [3.8, 4) is 5.75 Å². The third kappa shape index (κ3) is 3.24. The summed E-state index contributed by atoms with van der Waals surface area (Å²) >= 11 is 0. The van der Waals surface area contributed by atoms with E-state index in [9.17, 15) is 13.2 Å². The highest BCUT2D eigenvalue weighted by Crippen LogP contribution is 2.24. The Morgan fingerprint density at radius 3 is 2.35 bits per heavy atom. The van der Waals surface area contributed by atoms with Crippen LogP contribution in [0.1, 0.15) is 17.3 Å². The average Bonchev–Trinajstić information content (AvgIpc) is 2.54. The maximum Gasteiger partial charge on any atom is 0.339 e. The summed E-state index contributed by atoms with van der Waals surface area (Å²) in [6, 6.07) is 18.5. The van der Waals surface area contributed by atoms with Crippen molar-refractivity contribution >= 4 is 26.7 Å². The minimum absolute atomic E-state index is 0.0432. The predicted octanol–water partition coefficient (Wildman–Crippen LogP) is 3.81. The molecule has 0 unspecified atom stereocenters. The van der Waals surface area contributed by atoms with E-state index in [1.165, 1.54) is 25.1 Å². The highest BCUT2D eigenvalue weighted by molar-refractivity contribution is 7.87. The molecule has 0 heterocycles. The third-order valence-corrected chi connectivity index (χ3v) is 4.70. The first-order valence-electron chi connectivity index (χ1n) is 7.00. The van der Waals surface area contributed by atoms with Crippen molar-refractivity contribution in [2.75, 3.05) is 0 Å². The van der Waals surface area contributed by atoms with E-state index < -0.39 is 10.1 Å². The van der Waals surface area contributed by atoms with Gasteiger partial charge in [0.05, 0.1) is 0 Å². The standard InChI is InChI=1S/C18H14O4S/c1-13(19)15-7-4-8-18(12-15)23(20,21)22-17-10-9-14-5-2-3-6-16(14)11-17/h2-12H,1H3. The summed E-state index contributed by atoms with van der Waals surface area (Å²) in [6.07, 6.45) is 0. The number of carbonyl (C=O) groups is 1. The number of benzene rings is 3. The summed E-state index contributed by atoms with van der Waals surface area (Å²) in [5, 5.41) is 1.88. The van der Waals surface area contributed by atoms with E-state index in [1.54, 1.807) is 24.3 Å². The lowest BCUT2D eigenvalue weighted by Gasteiger charge is -2.08. The molecule has 0 spiro atoms. The van der Waals surface area contributed by atoms with Crippen LogP contribution < -0.4 is 4.18 Å². The molecule has 0 saturated carbocycles. The van der Waals surface area contributed by atoms with Crippen LogP contribution in [0.3, 0.4) is 0 Å². The van der Waals surface area contributed by atoms with Gasteiger partial charge in [0.25, 0.3) is 0 Å². The number of hydrogen-bond donors (Lipinski definition) is 0. The van der Waals surface area contributed by atoms with Crippen molar-refractivity contribution in [3.63, 3.8) is 0 Å². The molecule has 4 nitrogen and oxygen atoms in total. The Morgan fingerprint density at radius 1 is 0.870 bits per heavy atom. The zero-order valence-electron chi connectivity index (χ0n) is 12.4. The Bertz CT molecular complexity index is 991. The molecule has 0 atom stereocenters. The molecule has 0 bridgehead atoms. The van der Waals surface area contributed by atoms with Gasteiger partial charge in [-0.1, -0.05) is 42.5 Å². The minimum atomic E-state index is -3.99. The van der Waals surface area contributed by atoms with Gasteiger partial charge >= 0.3 is 10.1 Å². The lowest BCUT2D eigenvalue weighted by Crippen LogP contribution is -2.10. The van der Waals surface area contributed by atoms with Crippen molar-refractivity contribution < 1.29 is 17.4 Å². The lowest BCUT2D eigenvalue weighted by atomic mass is 10.1. The summed E-state index contributed by atoms with van der Waals surface area (Å²) in [5.41, 5.74) is 0.327. The van der Waals surface area contributed by atoms with Crippen LogP contribution in [-0.2, 0) is 10.1 Å². The molecule has 5 heteroatoms. The first-order valence-corrected chi connectivity index (χ1v) is 8.41. The van der Waals surface area contributed by atoms with E-state index in [4.69, 9.17) is 4.18 Å². The first kappa shape index (κ1) is 15.2. The van der Waals surface area contributed by atoms with Crippen LogP contribution in [0, 0.1) is 0 Å². The van der Waals surface area contributed by atoms with Gasteiger partial charge in [0.2, 0.25) is 0 Å². The van der Waals surface area contributed by atoms with Gasteiger partial charge < -0.3 is 4.18 Å². The Balaban J connectivity index is 1.96. The summed E-state index contributed by atoms with van der Waals surface area (Å²) in [4.78, 5) is 11.4. The van der Waals surface area contributed by atoms with Crippen molar-refractivity contribution in [3.05, 3.63) is 72.3 Å². The molecule has 0 radical (unpaired) electrons. The van der Waals surface area contributed by atoms with E-state index in [-0.39, 0.29) is 16.4 Å². The number of ketones is 1. The number of carbonyl (C=O) groups excluding carboxylic acids is 1. The van der Waals surface area contributed by atoms with E-state index in [1.807, 2.05) is 24.3 Å².